The minimum Gasteiger partial charge on any atom is -0.463 e. The van der Waals surface area contributed by atoms with Crippen molar-refractivity contribution in [3.8, 4) is 0 Å². The van der Waals surface area contributed by atoms with Crippen molar-refractivity contribution in [2.24, 2.45) is 4.99 Å². The van der Waals surface area contributed by atoms with E-state index in [9.17, 15) is 0 Å². The molecule has 0 amide bonds. The van der Waals surface area contributed by atoms with Gasteiger partial charge in [0, 0.05) is 0 Å². The molecule has 0 aliphatic carbocycles. The van der Waals surface area contributed by atoms with Gasteiger partial charge >= 0.3 is 5.89 Å². The minimum atomic E-state index is -0.203. The molecular formula is C17H13N3O2. The Kier molecular flexibility index (Phi) is 3.16. The maximum Gasteiger partial charge on any atom is 0.312 e. The maximum atomic E-state index is 6.01. The fourth-order valence-corrected chi connectivity index (χ4v) is 2.57. The normalized spacial score (nSPS) is 20.5. The summed E-state index contributed by atoms with van der Waals surface area (Å²) in [7, 11) is 0. The van der Waals surface area contributed by atoms with Crippen LogP contribution in [0.15, 0.2) is 76.5 Å². The van der Waals surface area contributed by atoms with E-state index in [-0.39, 0.29) is 12.1 Å². The third-order valence-corrected chi connectivity index (χ3v) is 3.60. The van der Waals surface area contributed by atoms with Gasteiger partial charge in [-0.2, -0.15) is 4.98 Å². The Hall–Kier alpha value is -2.95. The van der Waals surface area contributed by atoms with Crippen LogP contribution >= 0.6 is 0 Å². The third-order valence-electron chi connectivity index (χ3n) is 3.60. The van der Waals surface area contributed by atoms with Gasteiger partial charge in [0.05, 0.1) is 0 Å². The van der Waals surface area contributed by atoms with Gasteiger partial charge in [-0.3, -0.25) is 0 Å². The molecule has 2 heterocycles. The van der Waals surface area contributed by atoms with Crippen molar-refractivity contribution in [3.63, 3.8) is 0 Å². The lowest BCUT2D eigenvalue weighted by Crippen LogP contribution is -2.09. The van der Waals surface area contributed by atoms with Crippen molar-refractivity contribution in [2.45, 2.75) is 12.1 Å². The van der Waals surface area contributed by atoms with E-state index in [1.807, 2.05) is 60.7 Å². The first kappa shape index (κ1) is 12.8. The van der Waals surface area contributed by atoms with Crippen LogP contribution in [0.25, 0.3) is 0 Å². The zero-order chi connectivity index (χ0) is 14.8. The quantitative estimate of drug-likeness (QED) is 0.742. The minimum absolute atomic E-state index is 0.134. The number of ether oxygens (including phenoxy) is 1. The van der Waals surface area contributed by atoms with Gasteiger partial charge in [-0.15, -0.1) is 0 Å². The van der Waals surface area contributed by atoms with E-state index >= 15 is 0 Å². The van der Waals surface area contributed by atoms with Crippen LogP contribution in [0.5, 0.6) is 0 Å². The standard InChI is InChI=1S/C17H13N3O2/c1-3-7-12(8-4-1)14-15(13-9-5-2-6-10-13)21-17(20-14)16-18-11-19-22-16/h1-11,14-15H. The molecular weight excluding hydrogens is 278 g/mol. The molecule has 5 heteroatoms. The van der Waals surface area contributed by atoms with E-state index in [1.54, 1.807) is 0 Å². The lowest BCUT2D eigenvalue weighted by molar-refractivity contribution is 0.191. The highest BCUT2D eigenvalue weighted by atomic mass is 16.5. The molecule has 0 saturated heterocycles. The zero-order valence-electron chi connectivity index (χ0n) is 11.7. The number of hydrogen-bond acceptors (Lipinski definition) is 5. The van der Waals surface area contributed by atoms with Gasteiger partial charge in [0.25, 0.3) is 5.90 Å². The van der Waals surface area contributed by atoms with Crippen LogP contribution in [0.2, 0.25) is 0 Å². The molecule has 5 nitrogen and oxygen atoms in total. The number of aromatic nitrogens is 2. The predicted octanol–water partition coefficient (Wildman–Crippen LogP) is 3.33. The first-order valence-electron chi connectivity index (χ1n) is 7.03. The van der Waals surface area contributed by atoms with Crippen LogP contribution in [0.1, 0.15) is 29.2 Å². The van der Waals surface area contributed by atoms with Crippen molar-refractivity contribution in [1.29, 1.82) is 0 Å². The molecule has 1 aromatic heterocycles. The predicted molar refractivity (Wildman–Crippen MR) is 80.3 cm³/mol. The van der Waals surface area contributed by atoms with Crippen LogP contribution < -0.4 is 0 Å². The van der Waals surface area contributed by atoms with Crippen LogP contribution in [0.4, 0.5) is 0 Å². The van der Waals surface area contributed by atoms with E-state index in [2.05, 4.69) is 15.1 Å². The summed E-state index contributed by atoms with van der Waals surface area (Å²) in [5.41, 5.74) is 2.15. The molecule has 1 aliphatic heterocycles. The Bertz CT molecular complexity index is 770. The molecule has 0 fully saturated rings. The van der Waals surface area contributed by atoms with Gasteiger partial charge in [-0.05, 0) is 11.1 Å². The van der Waals surface area contributed by atoms with E-state index in [4.69, 9.17) is 9.26 Å². The highest BCUT2D eigenvalue weighted by molar-refractivity contribution is 5.91. The zero-order valence-corrected chi connectivity index (χ0v) is 11.7. The van der Waals surface area contributed by atoms with E-state index in [0.717, 1.165) is 11.1 Å². The summed E-state index contributed by atoms with van der Waals surface area (Å²) < 4.78 is 11.1. The summed E-state index contributed by atoms with van der Waals surface area (Å²) in [6, 6.07) is 20.0. The van der Waals surface area contributed by atoms with Crippen molar-refractivity contribution >= 4 is 5.90 Å². The molecule has 3 aromatic rings. The Morgan fingerprint density at radius 1 is 0.818 bits per heavy atom. The van der Waals surface area contributed by atoms with Crippen molar-refractivity contribution in [1.82, 2.24) is 10.1 Å². The van der Waals surface area contributed by atoms with Crippen molar-refractivity contribution in [3.05, 3.63) is 84.0 Å². The van der Waals surface area contributed by atoms with Crippen LogP contribution in [-0.2, 0) is 4.74 Å². The van der Waals surface area contributed by atoms with Crippen LogP contribution in [-0.4, -0.2) is 16.0 Å². The van der Waals surface area contributed by atoms with Gasteiger partial charge in [0.15, 0.2) is 12.4 Å². The van der Waals surface area contributed by atoms with Gasteiger partial charge in [0.2, 0.25) is 0 Å². The van der Waals surface area contributed by atoms with Gasteiger partial charge < -0.3 is 9.26 Å². The number of rotatable bonds is 3. The number of nitrogens with zero attached hydrogens (tertiary/aromatic N) is 3. The lowest BCUT2D eigenvalue weighted by Gasteiger charge is -2.18. The summed E-state index contributed by atoms with van der Waals surface area (Å²) in [6.07, 6.45) is 1.14. The number of benzene rings is 2. The highest BCUT2D eigenvalue weighted by Gasteiger charge is 2.35. The molecule has 2 aromatic carbocycles. The number of hydrogen-bond donors (Lipinski definition) is 0. The molecule has 0 bridgehead atoms. The van der Waals surface area contributed by atoms with Gasteiger partial charge in [-0.25, -0.2) is 4.99 Å². The smallest absolute Gasteiger partial charge is 0.312 e. The average Bonchev–Trinajstić information content (AvgIpc) is 3.26. The fraction of sp³-hybridized carbons (Fsp3) is 0.118. The first-order chi connectivity index (χ1) is 10.9. The molecule has 2 unspecified atom stereocenters. The molecule has 22 heavy (non-hydrogen) atoms. The van der Waals surface area contributed by atoms with E-state index < -0.39 is 0 Å². The maximum absolute atomic E-state index is 6.01. The van der Waals surface area contributed by atoms with Crippen LogP contribution in [0, 0.1) is 0 Å². The van der Waals surface area contributed by atoms with Crippen LogP contribution in [0.3, 0.4) is 0 Å². The Balaban J connectivity index is 1.75. The SMILES string of the molecule is c1ccc(C2N=C(c3ncno3)OC2c2ccccc2)cc1. The molecule has 0 N–H and O–H groups in total. The summed E-state index contributed by atoms with van der Waals surface area (Å²) >= 11 is 0. The van der Waals surface area contributed by atoms with E-state index in [1.165, 1.54) is 6.33 Å². The number of aliphatic imine (C=N–C) groups is 1. The summed E-state index contributed by atoms with van der Waals surface area (Å²) in [5.74, 6) is 0.694. The van der Waals surface area contributed by atoms with Gasteiger partial charge in [0.1, 0.15) is 6.04 Å². The van der Waals surface area contributed by atoms with Crippen molar-refractivity contribution < 1.29 is 9.26 Å². The van der Waals surface area contributed by atoms with E-state index in [0.29, 0.717) is 11.8 Å². The Morgan fingerprint density at radius 2 is 1.50 bits per heavy atom. The highest BCUT2D eigenvalue weighted by Crippen LogP contribution is 2.40. The molecule has 0 spiro atoms. The summed E-state index contributed by atoms with van der Waals surface area (Å²) in [4.78, 5) is 8.68. The third kappa shape index (κ3) is 2.26. The average molecular weight is 291 g/mol. The summed E-state index contributed by atoms with van der Waals surface area (Å²) in [6.45, 7) is 0. The largest absolute Gasteiger partial charge is 0.463 e. The molecule has 108 valence electrons. The Labute approximate surface area is 127 Å². The topological polar surface area (TPSA) is 60.5 Å². The second kappa shape index (κ2) is 5.44. The second-order valence-corrected chi connectivity index (χ2v) is 4.99. The molecule has 2 atom stereocenters. The first-order valence-corrected chi connectivity index (χ1v) is 7.03. The summed E-state index contributed by atoms with van der Waals surface area (Å²) in [5, 5.41) is 3.62. The Morgan fingerprint density at radius 3 is 2.14 bits per heavy atom. The van der Waals surface area contributed by atoms with Gasteiger partial charge in [-0.1, -0.05) is 65.8 Å². The lowest BCUT2D eigenvalue weighted by atomic mass is 9.97. The molecule has 4 rings (SSSR count). The fourth-order valence-electron chi connectivity index (χ4n) is 2.57. The molecule has 0 saturated carbocycles. The second-order valence-electron chi connectivity index (χ2n) is 4.99. The monoisotopic (exact) mass is 291 g/mol. The molecule has 1 aliphatic rings. The van der Waals surface area contributed by atoms with Crippen molar-refractivity contribution in [2.75, 3.05) is 0 Å². The molecule has 0 radical (unpaired) electrons.